The first-order valence-corrected chi connectivity index (χ1v) is 6.78. The Hall–Kier alpha value is -1.07. The van der Waals surface area contributed by atoms with Crippen molar-refractivity contribution in [1.29, 1.82) is 0 Å². The van der Waals surface area contributed by atoms with Gasteiger partial charge in [0.25, 0.3) is 0 Å². The molecule has 0 saturated heterocycles. The summed E-state index contributed by atoms with van der Waals surface area (Å²) in [6.45, 7) is 4.17. The van der Waals surface area contributed by atoms with Gasteiger partial charge in [-0.15, -0.1) is 0 Å². The molecule has 0 saturated carbocycles. The van der Waals surface area contributed by atoms with E-state index in [0.29, 0.717) is 25.1 Å². The number of halogens is 1. The molecule has 0 aliphatic heterocycles. The highest BCUT2D eigenvalue weighted by molar-refractivity contribution is 9.10. The number of phenolic OH excluding ortho intramolecular Hbond substituents is 1. The molecule has 0 heterocycles. The second-order valence-electron chi connectivity index (χ2n) is 4.31. The normalized spacial score (nSPS) is 11.3. The molecule has 4 N–H and O–H groups in total. The lowest BCUT2D eigenvalue weighted by molar-refractivity contribution is -0.125. The van der Waals surface area contributed by atoms with E-state index < -0.39 is 5.41 Å². The molecule has 0 unspecified atom stereocenters. The van der Waals surface area contributed by atoms with Gasteiger partial charge in [-0.1, -0.05) is 29.8 Å². The van der Waals surface area contributed by atoms with E-state index in [1.54, 1.807) is 12.1 Å². The third-order valence-corrected chi connectivity index (χ3v) is 3.93. The van der Waals surface area contributed by atoms with Crippen LogP contribution >= 0.6 is 15.9 Å². The molecule has 0 aromatic heterocycles. The van der Waals surface area contributed by atoms with Crippen LogP contribution in [0.1, 0.15) is 26.7 Å². The van der Waals surface area contributed by atoms with Gasteiger partial charge >= 0.3 is 0 Å². The van der Waals surface area contributed by atoms with Crippen molar-refractivity contribution in [2.45, 2.75) is 26.7 Å². The summed E-state index contributed by atoms with van der Waals surface area (Å²) in [5.41, 5.74) is 5.54. The van der Waals surface area contributed by atoms with Crippen molar-refractivity contribution in [3.8, 4) is 5.75 Å². The van der Waals surface area contributed by atoms with Crippen molar-refractivity contribution in [1.82, 2.24) is 0 Å². The fourth-order valence-electron chi connectivity index (χ4n) is 1.82. The molecular formula is C13H19BrN2O2. The number of carbonyl (C=O) groups is 1. The number of carbonyl (C=O) groups excluding carboxylic acids is 1. The predicted molar refractivity (Wildman–Crippen MR) is 76.5 cm³/mol. The maximum Gasteiger partial charge on any atom is 0.231 e. The fraction of sp³-hybridized carbons (Fsp3) is 0.462. The second kappa shape index (κ2) is 6.20. The van der Waals surface area contributed by atoms with Gasteiger partial charge in [-0.3, -0.25) is 4.79 Å². The first kappa shape index (κ1) is 15.0. The minimum absolute atomic E-state index is 0.0460. The molecule has 5 heteroatoms. The van der Waals surface area contributed by atoms with Crippen LogP contribution in [0.3, 0.4) is 0 Å². The van der Waals surface area contributed by atoms with Gasteiger partial charge in [-0.2, -0.15) is 0 Å². The van der Waals surface area contributed by atoms with E-state index in [4.69, 9.17) is 5.73 Å². The van der Waals surface area contributed by atoms with Gasteiger partial charge in [0.2, 0.25) is 5.91 Å². The Morgan fingerprint density at radius 3 is 2.56 bits per heavy atom. The van der Waals surface area contributed by atoms with E-state index in [1.165, 1.54) is 6.07 Å². The smallest absolute Gasteiger partial charge is 0.231 e. The summed E-state index contributed by atoms with van der Waals surface area (Å²) in [7, 11) is 0. The fourth-order valence-corrected chi connectivity index (χ4v) is 2.18. The van der Waals surface area contributed by atoms with Crippen LogP contribution in [0.15, 0.2) is 22.7 Å². The van der Waals surface area contributed by atoms with Crippen molar-refractivity contribution in [3.63, 3.8) is 0 Å². The summed E-state index contributed by atoms with van der Waals surface area (Å²) in [5.74, 6) is -0.104. The Bertz CT molecular complexity index is 423. The molecular weight excluding hydrogens is 296 g/mol. The molecule has 1 amide bonds. The molecule has 100 valence electrons. The number of hydrogen-bond donors (Lipinski definition) is 3. The Labute approximate surface area is 116 Å². The summed E-state index contributed by atoms with van der Waals surface area (Å²) < 4.78 is 0.793. The van der Waals surface area contributed by atoms with Crippen molar-refractivity contribution in [3.05, 3.63) is 22.7 Å². The molecule has 0 fully saturated rings. The second-order valence-corrected chi connectivity index (χ2v) is 5.22. The average molecular weight is 315 g/mol. The Kier molecular flexibility index (Phi) is 5.16. The number of hydrogen-bond acceptors (Lipinski definition) is 3. The van der Waals surface area contributed by atoms with Crippen LogP contribution in [0.25, 0.3) is 0 Å². The van der Waals surface area contributed by atoms with Gasteiger partial charge < -0.3 is 16.2 Å². The topological polar surface area (TPSA) is 75.4 Å². The summed E-state index contributed by atoms with van der Waals surface area (Å²) >= 11 is 3.30. The zero-order chi connectivity index (χ0) is 13.8. The average Bonchev–Trinajstić information content (AvgIpc) is 2.37. The molecule has 0 bridgehead atoms. The van der Waals surface area contributed by atoms with Crippen LogP contribution in [0.4, 0.5) is 5.69 Å². The molecule has 1 aromatic rings. The van der Waals surface area contributed by atoms with Crippen LogP contribution in [0.2, 0.25) is 0 Å². The Balaban J connectivity index is 2.96. The molecule has 0 aliphatic rings. The Morgan fingerprint density at radius 1 is 1.44 bits per heavy atom. The van der Waals surface area contributed by atoms with Crippen LogP contribution in [0, 0.1) is 5.41 Å². The van der Waals surface area contributed by atoms with Crippen molar-refractivity contribution in [2.75, 3.05) is 11.9 Å². The van der Waals surface area contributed by atoms with Gasteiger partial charge in [0.05, 0.1) is 11.1 Å². The number of aromatic hydroxyl groups is 1. The minimum atomic E-state index is -0.575. The third-order valence-electron chi connectivity index (χ3n) is 3.43. The van der Waals surface area contributed by atoms with E-state index in [-0.39, 0.29) is 11.7 Å². The summed E-state index contributed by atoms with van der Waals surface area (Å²) in [6.07, 6.45) is 1.33. The van der Waals surface area contributed by atoms with E-state index >= 15 is 0 Å². The molecule has 0 aliphatic carbocycles. The number of anilines is 1. The molecule has 0 radical (unpaired) electrons. The minimum Gasteiger partial charge on any atom is -0.506 e. The largest absolute Gasteiger partial charge is 0.506 e. The summed E-state index contributed by atoms with van der Waals surface area (Å²) in [5, 5.41) is 12.4. The maximum atomic E-state index is 12.3. The van der Waals surface area contributed by atoms with Gasteiger partial charge in [0, 0.05) is 11.0 Å². The molecule has 18 heavy (non-hydrogen) atoms. The van der Waals surface area contributed by atoms with E-state index in [2.05, 4.69) is 21.2 Å². The maximum absolute atomic E-state index is 12.3. The molecule has 1 rings (SSSR count). The molecule has 1 aromatic carbocycles. The zero-order valence-corrected chi connectivity index (χ0v) is 12.3. The number of amides is 1. The first-order chi connectivity index (χ1) is 8.49. The quantitative estimate of drug-likeness (QED) is 0.731. The lowest BCUT2D eigenvalue weighted by Gasteiger charge is -2.28. The van der Waals surface area contributed by atoms with Gasteiger partial charge in [0.15, 0.2) is 0 Å². The van der Waals surface area contributed by atoms with E-state index in [0.717, 1.165) is 4.47 Å². The first-order valence-electron chi connectivity index (χ1n) is 5.99. The van der Waals surface area contributed by atoms with Crippen molar-refractivity contribution >= 4 is 27.5 Å². The van der Waals surface area contributed by atoms with E-state index in [1.807, 2.05) is 13.8 Å². The highest BCUT2D eigenvalue weighted by atomic mass is 79.9. The SMILES string of the molecule is CCC(CC)(CN)C(=O)Nc1cc(Br)ccc1O. The van der Waals surface area contributed by atoms with E-state index in [9.17, 15) is 9.90 Å². The molecule has 0 spiro atoms. The van der Waals surface area contributed by atoms with Gasteiger partial charge in [-0.25, -0.2) is 0 Å². The predicted octanol–water partition coefficient (Wildman–Crippen LogP) is 2.86. The number of phenols is 1. The van der Waals surface area contributed by atoms with Gasteiger partial charge in [-0.05, 0) is 31.0 Å². The highest BCUT2D eigenvalue weighted by Gasteiger charge is 2.33. The van der Waals surface area contributed by atoms with Gasteiger partial charge in [0.1, 0.15) is 5.75 Å². The monoisotopic (exact) mass is 314 g/mol. The number of rotatable bonds is 5. The highest BCUT2D eigenvalue weighted by Crippen LogP contribution is 2.31. The third kappa shape index (κ3) is 3.03. The summed E-state index contributed by atoms with van der Waals surface area (Å²) in [6, 6.07) is 4.91. The van der Waals surface area contributed by atoms with Crippen molar-refractivity contribution in [2.24, 2.45) is 11.1 Å². The van der Waals surface area contributed by atoms with Crippen molar-refractivity contribution < 1.29 is 9.90 Å². The number of benzene rings is 1. The van der Waals surface area contributed by atoms with Crippen LogP contribution in [-0.4, -0.2) is 17.6 Å². The standard InChI is InChI=1S/C13H19BrN2O2/c1-3-13(4-2,8-15)12(18)16-10-7-9(14)5-6-11(10)17/h5-7,17H,3-4,8,15H2,1-2H3,(H,16,18). The van der Waals surface area contributed by atoms with Crippen LogP contribution in [0.5, 0.6) is 5.75 Å². The lowest BCUT2D eigenvalue weighted by Crippen LogP contribution is -2.41. The number of nitrogens with one attached hydrogen (secondary N) is 1. The summed E-state index contributed by atoms with van der Waals surface area (Å²) in [4.78, 5) is 12.3. The molecule has 0 atom stereocenters. The van der Waals surface area contributed by atoms with Crippen LogP contribution in [-0.2, 0) is 4.79 Å². The lowest BCUT2D eigenvalue weighted by atomic mass is 9.81. The molecule has 4 nitrogen and oxygen atoms in total. The van der Waals surface area contributed by atoms with Crippen LogP contribution < -0.4 is 11.1 Å². The Morgan fingerprint density at radius 2 is 2.06 bits per heavy atom. The zero-order valence-electron chi connectivity index (χ0n) is 10.7. The number of nitrogens with two attached hydrogens (primary N) is 1.